The van der Waals surface area contributed by atoms with Crippen LogP contribution in [0.3, 0.4) is 0 Å². The number of hydrogen-bond donors (Lipinski definition) is 2. The Kier molecular flexibility index (Phi) is 5.52. The summed E-state index contributed by atoms with van der Waals surface area (Å²) in [6.07, 6.45) is 0. The summed E-state index contributed by atoms with van der Waals surface area (Å²) in [4.78, 5) is 25.2. The second kappa shape index (κ2) is 8.01. The maximum Gasteiger partial charge on any atom is 0.266 e. The summed E-state index contributed by atoms with van der Waals surface area (Å²) in [5.74, 6) is -0.487. The first-order valence-electron chi connectivity index (χ1n) is 8.09. The molecule has 0 bridgehead atoms. The molecule has 0 unspecified atom stereocenters. The monoisotopic (exact) mass is 384 g/mol. The molecule has 0 fully saturated rings. The predicted molar refractivity (Wildman–Crippen MR) is 104 cm³/mol. The Morgan fingerprint density at radius 2 is 1.74 bits per heavy atom. The summed E-state index contributed by atoms with van der Waals surface area (Å²) in [7, 11) is 1.57. The van der Waals surface area contributed by atoms with Crippen LogP contribution in [-0.2, 0) is 0 Å². The van der Waals surface area contributed by atoms with Crippen LogP contribution in [0.4, 0.5) is 15.1 Å². The predicted octanol–water partition coefficient (Wildman–Crippen LogP) is 4.71. The van der Waals surface area contributed by atoms with Crippen LogP contribution in [0.1, 0.15) is 25.6 Å². The van der Waals surface area contributed by atoms with Crippen molar-refractivity contribution in [2.24, 2.45) is 0 Å². The number of rotatable bonds is 5. The first-order valence-corrected chi connectivity index (χ1v) is 8.90. The van der Waals surface area contributed by atoms with E-state index in [4.69, 9.17) is 4.74 Å². The molecule has 5 nitrogen and oxygen atoms in total. The van der Waals surface area contributed by atoms with Gasteiger partial charge < -0.3 is 15.4 Å². The number of thiophene rings is 1. The van der Waals surface area contributed by atoms with Crippen molar-refractivity contribution in [3.63, 3.8) is 0 Å². The molecule has 1 aromatic heterocycles. The Hall–Kier alpha value is -3.19. The van der Waals surface area contributed by atoms with E-state index in [0.717, 1.165) is 23.0 Å². The Morgan fingerprint density at radius 1 is 1.00 bits per heavy atom. The van der Waals surface area contributed by atoms with Gasteiger partial charge in [0, 0.05) is 11.3 Å². The van der Waals surface area contributed by atoms with Gasteiger partial charge in [-0.2, -0.15) is 0 Å². The third-order valence-corrected chi connectivity index (χ3v) is 4.95. The van der Waals surface area contributed by atoms with E-state index in [1.807, 2.05) is 0 Å². The summed E-state index contributed by atoms with van der Waals surface area (Å²) >= 11 is 1.16. The normalized spacial score (nSPS) is 10.3. The highest BCUT2D eigenvalue weighted by Gasteiger charge is 2.16. The zero-order valence-corrected chi connectivity index (χ0v) is 15.5. The number of methoxy groups -OCH3 is 1. The lowest BCUT2D eigenvalue weighted by Crippen LogP contribution is -2.11. The van der Waals surface area contributed by atoms with Crippen LogP contribution in [0, 0.1) is 12.7 Å². The van der Waals surface area contributed by atoms with E-state index < -0.39 is 11.7 Å². The largest absolute Gasteiger partial charge is 0.497 e. The topological polar surface area (TPSA) is 67.4 Å². The van der Waals surface area contributed by atoms with Crippen LogP contribution in [-0.4, -0.2) is 18.9 Å². The average molecular weight is 384 g/mol. The summed E-state index contributed by atoms with van der Waals surface area (Å²) in [6.45, 7) is 1.79. The fourth-order valence-electron chi connectivity index (χ4n) is 2.45. The van der Waals surface area contributed by atoms with E-state index in [1.54, 1.807) is 44.4 Å². The number of benzene rings is 2. The molecule has 3 aromatic rings. The number of anilines is 2. The van der Waals surface area contributed by atoms with E-state index >= 15 is 0 Å². The molecule has 0 saturated carbocycles. The molecule has 27 heavy (non-hydrogen) atoms. The molecule has 0 atom stereocenters. The van der Waals surface area contributed by atoms with Crippen molar-refractivity contribution >= 4 is 33.8 Å². The average Bonchev–Trinajstić information content (AvgIpc) is 3.02. The lowest BCUT2D eigenvalue weighted by atomic mass is 10.2. The molecule has 1 heterocycles. The third-order valence-electron chi connectivity index (χ3n) is 3.80. The summed E-state index contributed by atoms with van der Waals surface area (Å²) in [5.41, 5.74) is 1.59. The molecule has 138 valence electrons. The number of carbonyl (C=O) groups excluding carboxylic acids is 2. The lowest BCUT2D eigenvalue weighted by molar-refractivity contribution is 0.101. The van der Waals surface area contributed by atoms with Gasteiger partial charge in [0.1, 0.15) is 11.6 Å². The van der Waals surface area contributed by atoms with Gasteiger partial charge in [-0.05, 0) is 61.0 Å². The zero-order chi connectivity index (χ0) is 19.4. The van der Waals surface area contributed by atoms with Gasteiger partial charge in [-0.15, -0.1) is 11.3 Å². The number of carbonyl (C=O) groups is 2. The van der Waals surface area contributed by atoms with Crippen LogP contribution in [0.15, 0.2) is 54.6 Å². The molecular formula is C20H17FN2O3S. The van der Waals surface area contributed by atoms with Gasteiger partial charge in [-0.3, -0.25) is 9.59 Å². The second-order valence-electron chi connectivity index (χ2n) is 5.77. The van der Waals surface area contributed by atoms with E-state index in [0.29, 0.717) is 21.3 Å². The van der Waals surface area contributed by atoms with E-state index in [-0.39, 0.29) is 11.5 Å². The number of ether oxygens (including phenoxy) is 1. The minimum absolute atomic E-state index is 0.213. The lowest BCUT2D eigenvalue weighted by Gasteiger charge is -2.05. The maximum absolute atomic E-state index is 13.3. The van der Waals surface area contributed by atoms with E-state index in [1.165, 1.54) is 18.2 Å². The van der Waals surface area contributed by atoms with Gasteiger partial charge in [-0.1, -0.05) is 6.07 Å². The molecule has 0 aliphatic rings. The first kappa shape index (κ1) is 18.6. The van der Waals surface area contributed by atoms with Crippen molar-refractivity contribution in [1.29, 1.82) is 0 Å². The van der Waals surface area contributed by atoms with Crippen LogP contribution in [0.25, 0.3) is 0 Å². The van der Waals surface area contributed by atoms with Gasteiger partial charge in [0.15, 0.2) is 0 Å². The molecule has 0 aliphatic heterocycles. The van der Waals surface area contributed by atoms with Crippen molar-refractivity contribution in [1.82, 2.24) is 0 Å². The Labute approximate surface area is 159 Å². The molecule has 3 rings (SSSR count). The van der Waals surface area contributed by atoms with Crippen molar-refractivity contribution < 1.29 is 18.7 Å². The molecule has 0 spiro atoms. The number of hydrogen-bond acceptors (Lipinski definition) is 4. The quantitative estimate of drug-likeness (QED) is 0.669. The highest BCUT2D eigenvalue weighted by atomic mass is 32.1. The zero-order valence-electron chi connectivity index (χ0n) is 14.7. The number of aryl methyl sites for hydroxylation is 1. The number of amides is 2. The molecule has 0 radical (unpaired) electrons. The highest BCUT2D eigenvalue weighted by molar-refractivity contribution is 7.18. The van der Waals surface area contributed by atoms with Crippen molar-refractivity contribution in [2.45, 2.75) is 6.92 Å². The fourth-order valence-corrected chi connectivity index (χ4v) is 3.41. The van der Waals surface area contributed by atoms with Crippen LogP contribution < -0.4 is 15.4 Å². The molecule has 2 N–H and O–H groups in total. The molecule has 2 amide bonds. The van der Waals surface area contributed by atoms with E-state index in [9.17, 15) is 14.0 Å². The van der Waals surface area contributed by atoms with Crippen molar-refractivity contribution in [3.05, 3.63) is 76.4 Å². The van der Waals surface area contributed by atoms with Gasteiger partial charge in [0.25, 0.3) is 11.8 Å². The number of nitrogens with one attached hydrogen (secondary N) is 2. The first-order chi connectivity index (χ1) is 13.0. The third kappa shape index (κ3) is 4.51. The highest BCUT2D eigenvalue weighted by Crippen LogP contribution is 2.28. The minimum atomic E-state index is -0.482. The van der Waals surface area contributed by atoms with Crippen molar-refractivity contribution in [3.8, 4) is 5.75 Å². The molecule has 2 aromatic carbocycles. The Balaban J connectivity index is 1.71. The summed E-state index contributed by atoms with van der Waals surface area (Å²) < 4.78 is 18.3. The molecule has 0 aliphatic carbocycles. The SMILES string of the molecule is COc1ccc(NC(=O)c2sc(NC(=O)c3cccc(F)c3)cc2C)cc1. The standard InChI is InChI=1S/C20H17FN2O3S/c1-12-10-17(23-19(24)13-4-3-5-14(21)11-13)27-18(12)20(25)22-15-6-8-16(26-2)9-7-15/h3-11H,1-2H3,(H,22,25)(H,23,24). The van der Waals surface area contributed by atoms with Gasteiger partial charge >= 0.3 is 0 Å². The Bertz CT molecular complexity index is 983. The van der Waals surface area contributed by atoms with Gasteiger partial charge in [0.05, 0.1) is 17.0 Å². The summed E-state index contributed by atoms with van der Waals surface area (Å²) in [5, 5.41) is 6.02. The summed E-state index contributed by atoms with van der Waals surface area (Å²) in [6, 6.07) is 14.1. The van der Waals surface area contributed by atoms with Crippen LogP contribution >= 0.6 is 11.3 Å². The fraction of sp³-hybridized carbons (Fsp3) is 0.100. The molecular weight excluding hydrogens is 367 g/mol. The van der Waals surface area contributed by atoms with Gasteiger partial charge in [0.2, 0.25) is 0 Å². The Morgan fingerprint density at radius 3 is 2.41 bits per heavy atom. The van der Waals surface area contributed by atoms with Gasteiger partial charge in [-0.25, -0.2) is 4.39 Å². The minimum Gasteiger partial charge on any atom is -0.497 e. The van der Waals surface area contributed by atoms with Crippen LogP contribution in [0.5, 0.6) is 5.75 Å². The van der Waals surface area contributed by atoms with E-state index in [2.05, 4.69) is 10.6 Å². The number of halogens is 1. The molecule has 0 saturated heterocycles. The smallest absolute Gasteiger partial charge is 0.266 e. The second-order valence-corrected chi connectivity index (χ2v) is 6.82. The van der Waals surface area contributed by atoms with Crippen molar-refractivity contribution in [2.75, 3.05) is 17.7 Å². The van der Waals surface area contributed by atoms with Crippen LogP contribution in [0.2, 0.25) is 0 Å². The maximum atomic E-state index is 13.3. The molecule has 7 heteroatoms.